The maximum Gasteiger partial charge on any atom is 0.0283 e. The van der Waals surface area contributed by atoms with Gasteiger partial charge in [0.05, 0.1) is 0 Å². The molecule has 1 aliphatic carbocycles. The average Bonchev–Trinajstić information content (AvgIpc) is 2.39. The third kappa shape index (κ3) is 2.60. The van der Waals surface area contributed by atoms with Crippen molar-refractivity contribution in [1.82, 2.24) is 4.90 Å². The topological polar surface area (TPSA) is 29.3 Å². The zero-order valence-electron chi connectivity index (χ0n) is 11.2. The van der Waals surface area contributed by atoms with E-state index in [2.05, 4.69) is 29.2 Å². The highest BCUT2D eigenvalue weighted by Gasteiger charge is 2.30. The first-order valence-corrected chi connectivity index (χ1v) is 7.33. The SMILES string of the molecule is NC1(CN2CCc3ccccc3C2)CCCCC1. The quantitative estimate of drug-likeness (QED) is 0.866. The summed E-state index contributed by atoms with van der Waals surface area (Å²) in [6, 6.07) is 8.85. The molecule has 0 saturated heterocycles. The standard InChI is InChI=1S/C16H24N2/c17-16(9-4-1-5-10-16)13-18-11-8-14-6-2-3-7-15(14)12-18/h2-3,6-7H,1,4-5,8-13,17H2. The summed E-state index contributed by atoms with van der Waals surface area (Å²) in [6.45, 7) is 3.35. The monoisotopic (exact) mass is 244 g/mol. The number of benzene rings is 1. The number of nitrogens with two attached hydrogens (primary N) is 1. The van der Waals surface area contributed by atoms with Gasteiger partial charge in [-0.2, -0.15) is 0 Å². The van der Waals surface area contributed by atoms with Gasteiger partial charge in [-0.3, -0.25) is 4.90 Å². The van der Waals surface area contributed by atoms with Crippen LogP contribution >= 0.6 is 0 Å². The molecule has 0 spiro atoms. The van der Waals surface area contributed by atoms with Crippen molar-refractivity contribution in [2.75, 3.05) is 13.1 Å². The molecule has 1 saturated carbocycles. The van der Waals surface area contributed by atoms with Crippen LogP contribution in [0.5, 0.6) is 0 Å². The van der Waals surface area contributed by atoms with Crippen LogP contribution in [0.1, 0.15) is 43.2 Å². The van der Waals surface area contributed by atoms with Gasteiger partial charge in [-0.15, -0.1) is 0 Å². The summed E-state index contributed by atoms with van der Waals surface area (Å²) in [6.07, 6.45) is 7.63. The second kappa shape index (κ2) is 5.02. The van der Waals surface area contributed by atoms with E-state index in [4.69, 9.17) is 5.73 Å². The summed E-state index contributed by atoms with van der Waals surface area (Å²) in [5, 5.41) is 0. The van der Waals surface area contributed by atoms with Gasteiger partial charge in [0.1, 0.15) is 0 Å². The smallest absolute Gasteiger partial charge is 0.0283 e. The van der Waals surface area contributed by atoms with Gasteiger partial charge < -0.3 is 5.73 Å². The summed E-state index contributed by atoms with van der Waals surface area (Å²) < 4.78 is 0. The van der Waals surface area contributed by atoms with E-state index in [1.54, 1.807) is 0 Å². The molecule has 1 fully saturated rings. The molecule has 0 unspecified atom stereocenters. The molecule has 98 valence electrons. The lowest BCUT2D eigenvalue weighted by molar-refractivity contribution is 0.161. The molecule has 0 amide bonds. The molecule has 0 bridgehead atoms. The molecule has 2 nitrogen and oxygen atoms in total. The Morgan fingerprint density at radius 2 is 1.78 bits per heavy atom. The maximum absolute atomic E-state index is 6.57. The second-order valence-electron chi connectivity index (χ2n) is 6.15. The lowest BCUT2D eigenvalue weighted by Gasteiger charge is -2.40. The van der Waals surface area contributed by atoms with E-state index in [9.17, 15) is 0 Å². The molecular formula is C16H24N2. The van der Waals surface area contributed by atoms with Crippen molar-refractivity contribution in [2.45, 2.75) is 50.6 Å². The molecule has 1 aromatic rings. The van der Waals surface area contributed by atoms with Crippen LogP contribution in [0.25, 0.3) is 0 Å². The van der Waals surface area contributed by atoms with E-state index >= 15 is 0 Å². The Morgan fingerprint density at radius 1 is 1.06 bits per heavy atom. The normalized spacial score (nSPS) is 23.6. The van der Waals surface area contributed by atoms with Crippen molar-refractivity contribution in [2.24, 2.45) is 5.73 Å². The van der Waals surface area contributed by atoms with Crippen molar-refractivity contribution in [1.29, 1.82) is 0 Å². The minimum absolute atomic E-state index is 0.0878. The first kappa shape index (κ1) is 12.2. The number of nitrogens with zero attached hydrogens (tertiary/aromatic N) is 1. The Balaban J connectivity index is 1.65. The zero-order valence-corrected chi connectivity index (χ0v) is 11.2. The zero-order chi connectivity index (χ0) is 12.4. The fraction of sp³-hybridized carbons (Fsp3) is 0.625. The van der Waals surface area contributed by atoms with Crippen LogP contribution in [0.3, 0.4) is 0 Å². The predicted molar refractivity (Wildman–Crippen MR) is 75.4 cm³/mol. The van der Waals surface area contributed by atoms with Gasteiger partial charge in [0.15, 0.2) is 0 Å². The van der Waals surface area contributed by atoms with E-state index in [0.29, 0.717) is 0 Å². The Kier molecular flexibility index (Phi) is 3.40. The first-order chi connectivity index (χ1) is 8.75. The van der Waals surface area contributed by atoms with Gasteiger partial charge in [-0.25, -0.2) is 0 Å². The fourth-order valence-corrected chi connectivity index (χ4v) is 3.55. The summed E-state index contributed by atoms with van der Waals surface area (Å²) in [5.41, 5.74) is 9.69. The minimum Gasteiger partial charge on any atom is -0.324 e. The molecule has 2 aliphatic rings. The Bertz CT molecular complexity index is 407. The average molecular weight is 244 g/mol. The van der Waals surface area contributed by atoms with Crippen LogP contribution < -0.4 is 5.73 Å². The van der Waals surface area contributed by atoms with Crippen molar-refractivity contribution < 1.29 is 0 Å². The van der Waals surface area contributed by atoms with Crippen LogP contribution in [0, 0.1) is 0 Å². The predicted octanol–water partition coefficient (Wildman–Crippen LogP) is 2.71. The molecule has 1 heterocycles. The van der Waals surface area contributed by atoms with Crippen LogP contribution in [-0.2, 0) is 13.0 Å². The largest absolute Gasteiger partial charge is 0.324 e. The van der Waals surface area contributed by atoms with Crippen LogP contribution in [-0.4, -0.2) is 23.5 Å². The number of rotatable bonds is 2. The van der Waals surface area contributed by atoms with Crippen molar-refractivity contribution in [3.05, 3.63) is 35.4 Å². The molecule has 2 heteroatoms. The first-order valence-electron chi connectivity index (χ1n) is 7.33. The van der Waals surface area contributed by atoms with Gasteiger partial charge in [0.2, 0.25) is 0 Å². The molecule has 0 atom stereocenters. The third-order valence-corrected chi connectivity index (χ3v) is 4.60. The van der Waals surface area contributed by atoms with E-state index in [1.807, 2.05) is 0 Å². The second-order valence-corrected chi connectivity index (χ2v) is 6.15. The Hall–Kier alpha value is -0.860. The van der Waals surface area contributed by atoms with Crippen LogP contribution in [0.15, 0.2) is 24.3 Å². The van der Waals surface area contributed by atoms with E-state index < -0.39 is 0 Å². The van der Waals surface area contributed by atoms with Crippen molar-refractivity contribution in [3.63, 3.8) is 0 Å². The van der Waals surface area contributed by atoms with Crippen molar-refractivity contribution in [3.8, 4) is 0 Å². The molecule has 2 N–H and O–H groups in total. The molecule has 1 aromatic carbocycles. The molecular weight excluding hydrogens is 220 g/mol. The third-order valence-electron chi connectivity index (χ3n) is 4.60. The molecule has 0 aromatic heterocycles. The molecule has 18 heavy (non-hydrogen) atoms. The lowest BCUT2D eigenvalue weighted by Crippen LogP contribution is -2.52. The fourth-order valence-electron chi connectivity index (χ4n) is 3.55. The molecule has 1 aliphatic heterocycles. The highest BCUT2D eigenvalue weighted by atomic mass is 15.1. The summed E-state index contributed by atoms with van der Waals surface area (Å²) >= 11 is 0. The molecule has 3 rings (SSSR count). The lowest BCUT2D eigenvalue weighted by atomic mass is 9.82. The van der Waals surface area contributed by atoms with Gasteiger partial charge >= 0.3 is 0 Å². The highest BCUT2D eigenvalue weighted by molar-refractivity contribution is 5.29. The van der Waals surface area contributed by atoms with E-state index in [1.165, 1.54) is 56.2 Å². The number of fused-ring (bicyclic) bond motifs is 1. The Morgan fingerprint density at radius 3 is 2.56 bits per heavy atom. The van der Waals surface area contributed by atoms with E-state index in [0.717, 1.165) is 13.1 Å². The number of hydrogen-bond acceptors (Lipinski definition) is 2. The van der Waals surface area contributed by atoms with Gasteiger partial charge in [-0.1, -0.05) is 43.5 Å². The van der Waals surface area contributed by atoms with Crippen LogP contribution in [0.2, 0.25) is 0 Å². The summed E-state index contributed by atoms with van der Waals surface area (Å²) in [7, 11) is 0. The van der Waals surface area contributed by atoms with Crippen molar-refractivity contribution >= 4 is 0 Å². The van der Waals surface area contributed by atoms with E-state index in [-0.39, 0.29) is 5.54 Å². The highest BCUT2D eigenvalue weighted by Crippen LogP contribution is 2.28. The number of hydrogen-bond donors (Lipinski definition) is 1. The summed E-state index contributed by atoms with van der Waals surface area (Å²) in [5.74, 6) is 0. The van der Waals surface area contributed by atoms with Gasteiger partial charge in [-0.05, 0) is 30.4 Å². The van der Waals surface area contributed by atoms with Gasteiger partial charge in [0.25, 0.3) is 0 Å². The molecule has 0 radical (unpaired) electrons. The summed E-state index contributed by atoms with van der Waals surface area (Å²) in [4.78, 5) is 2.56. The maximum atomic E-state index is 6.57. The van der Waals surface area contributed by atoms with Crippen LogP contribution in [0.4, 0.5) is 0 Å². The van der Waals surface area contributed by atoms with Gasteiger partial charge in [0, 0.05) is 25.2 Å². The minimum atomic E-state index is 0.0878. The Labute approximate surface area is 110 Å².